The van der Waals surface area contributed by atoms with Crippen LogP contribution in [-0.2, 0) is 17.8 Å². The van der Waals surface area contributed by atoms with E-state index in [9.17, 15) is 4.79 Å². The lowest BCUT2D eigenvalue weighted by atomic mass is 10.00. The van der Waals surface area contributed by atoms with Crippen molar-refractivity contribution in [1.29, 1.82) is 0 Å². The van der Waals surface area contributed by atoms with Crippen LogP contribution in [-0.4, -0.2) is 24.0 Å². The number of carbonyl (C=O) groups excluding carboxylic acids is 1. The molecule has 1 heterocycles. The van der Waals surface area contributed by atoms with Crippen LogP contribution in [0.4, 0.5) is 0 Å². The molecule has 1 aliphatic rings. The van der Waals surface area contributed by atoms with Gasteiger partial charge in [-0.15, -0.1) is 0 Å². The van der Waals surface area contributed by atoms with Crippen LogP contribution in [0.15, 0.2) is 65.1 Å². The van der Waals surface area contributed by atoms with Gasteiger partial charge >= 0.3 is 0 Å². The molecule has 0 saturated carbocycles. The fraction of sp³-hybridized carbons (Fsp3) is 0.190. The summed E-state index contributed by atoms with van der Waals surface area (Å²) in [7, 11) is 0. The summed E-state index contributed by atoms with van der Waals surface area (Å²) in [5, 5.41) is 2.24. The minimum Gasteiger partial charge on any atom is -0.484 e. The van der Waals surface area contributed by atoms with E-state index in [0.29, 0.717) is 6.54 Å². The van der Waals surface area contributed by atoms with E-state index >= 15 is 0 Å². The van der Waals surface area contributed by atoms with Crippen LogP contribution < -0.4 is 4.74 Å². The number of ether oxygens (including phenoxy) is 1. The van der Waals surface area contributed by atoms with Crippen LogP contribution in [0.3, 0.4) is 0 Å². The van der Waals surface area contributed by atoms with Gasteiger partial charge in [0, 0.05) is 17.6 Å². The Morgan fingerprint density at radius 2 is 1.76 bits per heavy atom. The van der Waals surface area contributed by atoms with E-state index in [0.717, 1.165) is 34.0 Å². The van der Waals surface area contributed by atoms with Gasteiger partial charge in [0.25, 0.3) is 5.91 Å². The highest BCUT2D eigenvalue weighted by Gasteiger charge is 2.20. The molecule has 0 saturated heterocycles. The summed E-state index contributed by atoms with van der Waals surface area (Å²) in [6.07, 6.45) is 0.909. The first-order valence-electron chi connectivity index (χ1n) is 8.36. The van der Waals surface area contributed by atoms with Gasteiger partial charge in [0.1, 0.15) is 5.75 Å². The molecule has 1 amide bonds. The Labute approximate surface area is 155 Å². The topological polar surface area (TPSA) is 29.5 Å². The Kier molecular flexibility index (Phi) is 4.45. The largest absolute Gasteiger partial charge is 0.484 e. The first-order chi connectivity index (χ1) is 12.2. The van der Waals surface area contributed by atoms with E-state index in [1.54, 1.807) is 0 Å². The lowest BCUT2D eigenvalue weighted by Gasteiger charge is -2.28. The fourth-order valence-corrected chi connectivity index (χ4v) is 3.61. The van der Waals surface area contributed by atoms with Gasteiger partial charge in [-0.2, -0.15) is 0 Å². The second-order valence-corrected chi connectivity index (χ2v) is 7.19. The Bertz CT molecular complexity index is 938. The van der Waals surface area contributed by atoms with Crippen LogP contribution in [0.5, 0.6) is 5.75 Å². The van der Waals surface area contributed by atoms with E-state index in [1.807, 2.05) is 41.3 Å². The lowest BCUT2D eigenvalue weighted by Crippen LogP contribution is -2.38. The van der Waals surface area contributed by atoms with Crippen LogP contribution >= 0.6 is 15.9 Å². The Balaban J connectivity index is 1.41. The standard InChI is InChI=1S/C21H18BrNO2/c22-19-7-5-17-12-20(8-6-16(17)11-19)25-14-21(24)23-10-9-15-3-1-2-4-18(15)13-23/h1-8,11-12H,9-10,13-14H2. The van der Waals surface area contributed by atoms with Gasteiger partial charge in [0.2, 0.25) is 0 Å². The first kappa shape index (κ1) is 16.2. The zero-order valence-corrected chi connectivity index (χ0v) is 15.3. The molecule has 3 aromatic rings. The summed E-state index contributed by atoms with van der Waals surface area (Å²) in [5.74, 6) is 0.756. The third-order valence-electron chi connectivity index (χ3n) is 4.62. The third kappa shape index (κ3) is 3.54. The summed E-state index contributed by atoms with van der Waals surface area (Å²) in [6.45, 7) is 1.50. The van der Waals surface area contributed by atoms with Gasteiger partial charge in [-0.1, -0.05) is 52.3 Å². The molecule has 3 nitrogen and oxygen atoms in total. The van der Waals surface area contributed by atoms with Crippen molar-refractivity contribution >= 4 is 32.6 Å². The minimum absolute atomic E-state index is 0.0328. The maximum Gasteiger partial charge on any atom is 0.260 e. The van der Waals surface area contributed by atoms with Crippen LogP contribution in [0.2, 0.25) is 0 Å². The molecule has 0 spiro atoms. The summed E-state index contributed by atoms with van der Waals surface area (Å²) in [6, 6.07) is 20.3. The number of benzene rings is 3. The lowest BCUT2D eigenvalue weighted by molar-refractivity contribution is -0.134. The molecule has 0 atom stereocenters. The molecule has 0 unspecified atom stereocenters. The maximum absolute atomic E-state index is 12.5. The van der Waals surface area contributed by atoms with E-state index < -0.39 is 0 Å². The highest BCUT2D eigenvalue weighted by Crippen LogP contribution is 2.24. The average molecular weight is 396 g/mol. The molecule has 0 aliphatic carbocycles. The molecule has 4 heteroatoms. The normalized spacial score (nSPS) is 13.6. The monoisotopic (exact) mass is 395 g/mol. The number of hydrogen-bond donors (Lipinski definition) is 0. The molecular formula is C21H18BrNO2. The third-order valence-corrected chi connectivity index (χ3v) is 5.11. The second-order valence-electron chi connectivity index (χ2n) is 6.28. The van der Waals surface area contributed by atoms with Gasteiger partial charge in [0.05, 0.1) is 0 Å². The maximum atomic E-state index is 12.5. The molecule has 0 radical (unpaired) electrons. The molecule has 126 valence electrons. The molecule has 4 rings (SSSR count). The summed E-state index contributed by atoms with van der Waals surface area (Å²) in [4.78, 5) is 14.4. The molecular weight excluding hydrogens is 378 g/mol. The highest BCUT2D eigenvalue weighted by atomic mass is 79.9. The number of halogens is 1. The summed E-state index contributed by atoms with van der Waals surface area (Å²) in [5.41, 5.74) is 2.58. The number of amides is 1. The van der Waals surface area contributed by atoms with Crippen molar-refractivity contribution in [1.82, 2.24) is 4.90 Å². The molecule has 25 heavy (non-hydrogen) atoms. The van der Waals surface area contributed by atoms with Gasteiger partial charge in [-0.25, -0.2) is 0 Å². The predicted molar refractivity (Wildman–Crippen MR) is 103 cm³/mol. The zero-order valence-electron chi connectivity index (χ0n) is 13.7. The van der Waals surface area contributed by atoms with Crippen LogP contribution in [0.25, 0.3) is 10.8 Å². The first-order valence-corrected chi connectivity index (χ1v) is 9.15. The zero-order chi connectivity index (χ0) is 17.2. The van der Waals surface area contributed by atoms with Gasteiger partial charge in [-0.05, 0) is 52.6 Å². The average Bonchev–Trinajstić information content (AvgIpc) is 2.65. The van der Waals surface area contributed by atoms with Crippen molar-refractivity contribution in [3.05, 3.63) is 76.3 Å². The predicted octanol–water partition coefficient (Wildman–Crippen LogP) is 4.57. The van der Waals surface area contributed by atoms with Crippen LogP contribution in [0, 0.1) is 0 Å². The van der Waals surface area contributed by atoms with E-state index in [-0.39, 0.29) is 12.5 Å². The SMILES string of the molecule is O=C(COc1ccc2cc(Br)ccc2c1)N1CCc2ccccc2C1. The number of fused-ring (bicyclic) bond motifs is 2. The van der Waals surface area contributed by atoms with Crippen molar-refractivity contribution in [3.63, 3.8) is 0 Å². The molecule has 1 aliphatic heterocycles. The van der Waals surface area contributed by atoms with Crippen molar-refractivity contribution in [2.45, 2.75) is 13.0 Å². The second kappa shape index (κ2) is 6.89. The molecule has 0 bridgehead atoms. The van der Waals surface area contributed by atoms with E-state index in [1.165, 1.54) is 11.1 Å². The van der Waals surface area contributed by atoms with Crippen molar-refractivity contribution in [3.8, 4) is 5.75 Å². The molecule has 0 aromatic heterocycles. The Morgan fingerprint density at radius 3 is 2.64 bits per heavy atom. The van der Waals surface area contributed by atoms with Crippen molar-refractivity contribution < 1.29 is 9.53 Å². The fourth-order valence-electron chi connectivity index (χ4n) is 3.23. The number of carbonyl (C=O) groups is 1. The Hall–Kier alpha value is -2.33. The van der Waals surface area contributed by atoms with E-state index in [4.69, 9.17) is 4.74 Å². The van der Waals surface area contributed by atoms with Gasteiger partial charge < -0.3 is 9.64 Å². The number of rotatable bonds is 3. The van der Waals surface area contributed by atoms with Crippen LogP contribution in [0.1, 0.15) is 11.1 Å². The highest BCUT2D eigenvalue weighted by molar-refractivity contribution is 9.10. The smallest absolute Gasteiger partial charge is 0.260 e. The molecule has 3 aromatic carbocycles. The minimum atomic E-state index is 0.0328. The summed E-state index contributed by atoms with van der Waals surface area (Å²) < 4.78 is 6.79. The van der Waals surface area contributed by atoms with Crippen molar-refractivity contribution in [2.24, 2.45) is 0 Å². The van der Waals surface area contributed by atoms with E-state index in [2.05, 4.69) is 40.2 Å². The summed E-state index contributed by atoms with van der Waals surface area (Å²) >= 11 is 3.47. The quantitative estimate of drug-likeness (QED) is 0.650. The number of hydrogen-bond acceptors (Lipinski definition) is 2. The number of nitrogens with zero attached hydrogens (tertiary/aromatic N) is 1. The van der Waals surface area contributed by atoms with Gasteiger partial charge in [-0.3, -0.25) is 4.79 Å². The van der Waals surface area contributed by atoms with Gasteiger partial charge in [0.15, 0.2) is 6.61 Å². The Morgan fingerprint density at radius 1 is 1.00 bits per heavy atom. The van der Waals surface area contributed by atoms with Crippen molar-refractivity contribution in [2.75, 3.05) is 13.2 Å². The molecule has 0 N–H and O–H groups in total. The molecule has 0 fully saturated rings.